The Labute approximate surface area is 260 Å². The number of rotatable bonds is 22. The van der Waals surface area contributed by atoms with Crippen LogP contribution in [0.3, 0.4) is 0 Å². The third kappa shape index (κ3) is 11.8. The minimum absolute atomic E-state index is 0.0487. The second kappa shape index (κ2) is 18.9. The fourth-order valence-electron chi connectivity index (χ4n) is 4.43. The van der Waals surface area contributed by atoms with Crippen molar-refractivity contribution in [3.05, 3.63) is 48.5 Å². The van der Waals surface area contributed by atoms with E-state index in [1.807, 2.05) is 17.0 Å². The van der Waals surface area contributed by atoms with E-state index in [0.717, 1.165) is 5.69 Å². The largest absolute Gasteiger partial charge is 0.508 e. The van der Waals surface area contributed by atoms with E-state index >= 15 is 0 Å². The maximum Gasteiger partial charge on any atom is 0.508 e. The van der Waals surface area contributed by atoms with Crippen LogP contribution in [0.25, 0.3) is 0 Å². The average Bonchev–Trinajstić information content (AvgIpc) is 3.46. The van der Waals surface area contributed by atoms with Gasteiger partial charge in [0.25, 0.3) is 12.9 Å². The van der Waals surface area contributed by atoms with E-state index in [4.69, 9.17) is 43.0 Å². The predicted molar refractivity (Wildman–Crippen MR) is 157 cm³/mol. The van der Waals surface area contributed by atoms with Gasteiger partial charge >= 0.3 is 12.1 Å². The van der Waals surface area contributed by atoms with Crippen LogP contribution < -0.4 is 14.5 Å². The van der Waals surface area contributed by atoms with Crippen LogP contribution in [0.1, 0.15) is 0 Å². The van der Waals surface area contributed by atoms with E-state index < -0.39 is 30.4 Å². The maximum absolute atomic E-state index is 12.3. The molecule has 15 heteroatoms. The van der Waals surface area contributed by atoms with Gasteiger partial charge in [0.15, 0.2) is 6.10 Å². The molecule has 0 aromatic heterocycles. The molecule has 3 atom stereocenters. The van der Waals surface area contributed by atoms with Gasteiger partial charge in [-0.1, -0.05) is 0 Å². The topological polar surface area (TPSA) is 169 Å². The van der Waals surface area contributed by atoms with Crippen LogP contribution in [0.15, 0.2) is 48.5 Å². The summed E-state index contributed by atoms with van der Waals surface area (Å²) in [6.45, 7) is 1.19. The van der Waals surface area contributed by atoms with Crippen LogP contribution in [-0.2, 0) is 47.5 Å². The molecule has 2 aromatic rings. The average molecular weight is 635 g/mol. The van der Waals surface area contributed by atoms with Crippen molar-refractivity contribution in [3.63, 3.8) is 0 Å². The highest BCUT2D eigenvalue weighted by molar-refractivity contribution is 5.76. The first-order valence-electron chi connectivity index (χ1n) is 14.0. The Morgan fingerprint density at radius 1 is 0.956 bits per heavy atom. The van der Waals surface area contributed by atoms with Gasteiger partial charge in [0.05, 0.1) is 26.3 Å². The number of aliphatic hydroxyl groups excluding tert-OH is 1. The second-order valence-electron chi connectivity index (χ2n) is 9.72. The highest BCUT2D eigenvalue weighted by atomic mass is 16.8. The molecule has 1 aliphatic rings. The van der Waals surface area contributed by atoms with Crippen molar-refractivity contribution in [2.45, 2.75) is 18.3 Å². The van der Waals surface area contributed by atoms with Crippen LogP contribution in [0.5, 0.6) is 11.5 Å². The number of hydrogen-bond donors (Lipinski definition) is 1. The number of hydrogen-bond acceptors (Lipinski definition) is 15. The standard InChI is InChI=1S/C30H38N2O13/c1-38-17-27(43-21-35)14-32(16-29(36)41-12-11-33)23-5-9-25(10-6-23)44-24-7-3-22(4-8-24)31(13-26(39-2)18-40-20-34)15-28-19-42-30(37)45-28/h3-10,20-21,26-28,33H,11-19H2,1-2H3. The summed E-state index contributed by atoms with van der Waals surface area (Å²) in [5.74, 6) is 0.496. The van der Waals surface area contributed by atoms with Crippen molar-refractivity contribution in [2.75, 3.05) is 83.2 Å². The van der Waals surface area contributed by atoms with Crippen molar-refractivity contribution in [1.29, 1.82) is 0 Å². The molecule has 1 aliphatic heterocycles. The third-order valence-electron chi connectivity index (χ3n) is 6.52. The molecule has 1 fully saturated rings. The number of anilines is 2. The number of nitrogens with zero attached hydrogens (tertiary/aromatic N) is 2. The Hall–Kier alpha value is -4.60. The lowest BCUT2D eigenvalue weighted by molar-refractivity contribution is -0.143. The zero-order valence-electron chi connectivity index (χ0n) is 25.1. The van der Waals surface area contributed by atoms with Crippen LogP contribution in [0, 0.1) is 0 Å². The predicted octanol–water partition coefficient (Wildman–Crippen LogP) is 1.54. The molecule has 1 heterocycles. The summed E-state index contributed by atoms with van der Waals surface area (Å²) in [5, 5.41) is 8.96. The van der Waals surface area contributed by atoms with Crippen LogP contribution in [0.4, 0.5) is 16.2 Å². The number of methoxy groups -OCH3 is 2. The lowest BCUT2D eigenvalue weighted by atomic mass is 10.2. The highest BCUT2D eigenvalue weighted by Crippen LogP contribution is 2.28. The molecule has 0 amide bonds. The molecular formula is C30H38N2O13. The molecule has 45 heavy (non-hydrogen) atoms. The van der Waals surface area contributed by atoms with E-state index in [0.29, 0.717) is 43.2 Å². The maximum atomic E-state index is 12.3. The molecular weight excluding hydrogens is 596 g/mol. The Kier molecular flexibility index (Phi) is 14.7. The van der Waals surface area contributed by atoms with E-state index in [1.54, 1.807) is 41.3 Å². The van der Waals surface area contributed by atoms with Crippen molar-refractivity contribution in [1.82, 2.24) is 0 Å². The van der Waals surface area contributed by atoms with Gasteiger partial charge in [-0.2, -0.15) is 0 Å². The van der Waals surface area contributed by atoms with Crippen LogP contribution >= 0.6 is 0 Å². The fourth-order valence-corrected chi connectivity index (χ4v) is 4.43. The number of carbonyl (C=O) groups is 4. The fraction of sp³-hybridized carbons (Fsp3) is 0.467. The minimum atomic E-state index is -0.726. The first kappa shape index (κ1) is 34.9. The third-order valence-corrected chi connectivity index (χ3v) is 6.52. The number of ether oxygens (including phenoxy) is 8. The number of aliphatic hydroxyl groups is 1. The molecule has 0 saturated carbocycles. The summed E-state index contributed by atoms with van der Waals surface area (Å²) in [6.07, 6.45) is -2.29. The van der Waals surface area contributed by atoms with E-state index in [9.17, 15) is 19.2 Å². The zero-order chi connectivity index (χ0) is 32.4. The summed E-state index contributed by atoms with van der Waals surface area (Å²) in [6, 6.07) is 14.1. The van der Waals surface area contributed by atoms with Gasteiger partial charge in [0.2, 0.25) is 0 Å². The molecule has 1 saturated heterocycles. The van der Waals surface area contributed by atoms with Gasteiger partial charge in [-0.15, -0.1) is 0 Å². The first-order chi connectivity index (χ1) is 21.9. The van der Waals surface area contributed by atoms with Gasteiger partial charge in [-0.3, -0.25) is 14.4 Å². The van der Waals surface area contributed by atoms with Crippen molar-refractivity contribution in [2.24, 2.45) is 0 Å². The summed E-state index contributed by atoms with van der Waals surface area (Å²) in [7, 11) is 2.98. The first-order valence-corrected chi connectivity index (χ1v) is 14.0. The minimum Gasteiger partial charge on any atom is -0.465 e. The zero-order valence-corrected chi connectivity index (χ0v) is 25.1. The van der Waals surface area contributed by atoms with E-state index in [-0.39, 0.29) is 46.1 Å². The molecule has 246 valence electrons. The second-order valence-corrected chi connectivity index (χ2v) is 9.72. The molecule has 0 aliphatic carbocycles. The Balaban J connectivity index is 1.71. The smallest absolute Gasteiger partial charge is 0.465 e. The molecule has 3 unspecified atom stereocenters. The summed E-state index contributed by atoms with van der Waals surface area (Å²) >= 11 is 0. The van der Waals surface area contributed by atoms with Crippen LogP contribution in [-0.4, -0.2) is 122 Å². The lowest BCUT2D eigenvalue weighted by Crippen LogP contribution is -2.41. The Bertz CT molecular complexity index is 1200. The normalized spacial score (nSPS) is 15.2. The molecule has 0 spiro atoms. The number of benzene rings is 2. The number of cyclic esters (lactones) is 2. The molecule has 3 rings (SSSR count). The molecule has 0 bridgehead atoms. The van der Waals surface area contributed by atoms with Crippen molar-refractivity contribution in [3.8, 4) is 11.5 Å². The SMILES string of the molecule is COCC(CN(CC(=O)OCCO)c1ccc(Oc2ccc(N(CC(COC=O)OC)CC3COC(=O)O3)cc2)cc1)OC=O. The Morgan fingerprint density at radius 3 is 2.13 bits per heavy atom. The number of carbonyl (C=O) groups excluding carboxylic acids is 4. The lowest BCUT2D eigenvalue weighted by Gasteiger charge is -2.29. The monoisotopic (exact) mass is 634 g/mol. The van der Waals surface area contributed by atoms with Gasteiger partial charge in [0.1, 0.15) is 50.1 Å². The summed E-state index contributed by atoms with van der Waals surface area (Å²) in [4.78, 5) is 49.0. The highest BCUT2D eigenvalue weighted by Gasteiger charge is 2.28. The molecule has 1 N–H and O–H groups in total. The summed E-state index contributed by atoms with van der Waals surface area (Å²) in [5.41, 5.74) is 1.41. The quantitative estimate of drug-likeness (QED) is 0.112. The van der Waals surface area contributed by atoms with Gasteiger partial charge in [0, 0.05) is 32.1 Å². The molecule has 0 radical (unpaired) electrons. The van der Waals surface area contributed by atoms with E-state index in [2.05, 4.69) is 0 Å². The van der Waals surface area contributed by atoms with Crippen molar-refractivity contribution >= 4 is 36.4 Å². The number of esters is 1. The van der Waals surface area contributed by atoms with Gasteiger partial charge in [-0.05, 0) is 48.5 Å². The van der Waals surface area contributed by atoms with Gasteiger partial charge < -0.3 is 52.8 Å². The van der Waals surface area contributed by atoms with Crippen molar-refractivity contribution < 1.29 is 62.2 Å². The van der Waals surface area contributed by atoms with E-state index in [1.165, 1.54) is 14.2 Å². The molecule has 2 aromatic carbocycles. The van der Waals surface area contributed by atoms with Crippen LogP contribution in [0.2, 0.25) is 0 Å². The summed E-state index contributed by atoms with van der Waals surface area (Å²) < 4.78 is 41.7. The Morgan fingerprint density at radius 2 is 1.60 bits per heavy atom. The molecule has 15 nitrogen and oxygen atoms in total. The van der Waals surface area contributed by atoms with Gasteiger partial charge in [-0.25, -0.2) is 4.79 Å².